The zero-order valence-electron chi connectivity index (χ0n) is 17.5. The number of aliphatic hydroxyl groups is 5. The lowest BCUT2D eigenvalue weighted by Gasteiger charge is -2.39. The molecule has 11 heteroatoms. The summed E-state index contributed by atoms with van der Waals surface area (Å²) in [7, 11) is 1.41. The Morgan fingerprint density at radius 1 is 1.06 bits per heavy atom. The number of fused-ring (bicyclic) bond motifs is 5. The minimum atomic E-state index is -1.57. The number of ether oxygens (including phenoxy) is 5. The third-order valence-corrected chi connectivity index (χ3v) is 6.24. The monoisotopic (exact) mass is 464 g/mol. The molecule has 0 aliphatic carbocycles. The van der Waals surface area contributed by atoms with Crippen molar-refractivity contribution >= 4 is 0 Å². The van der Waals surface area contributed by atoms with E-state index in [0.717, 1.165) is 0 Å². The summed E-state index contributed by atoms with van der Waals surface area (Å²) in [5.74, 6) is 0.955. The molecule has 1 fully saturated rings. The first-order chi connectivity index (χ1) is 15.8. The summed E-state index contributed by atoms with van der Waals surface area (Å²) < 4.78 is 27.9. The van der Waals surface area contributed by atoms with Crippen molar-refractivity contribution in [2.75, 3.05) is 20.3 Å². The lowest BCUT2D eigenvalue weighted by atomic mass is 9.84. The second kappa shape index (κ2) is 7.90. The number of hydrogen-bond donors (Lipinski definition) is 6. The van der Waals surface area contributed by atoms with E-state index in [-0.39, 0.29) is 23.9 Å². The number of aromatic hydroxyl groups is 1. The van der Waals surface area contributed by atoms with E-state index in [1.165, 1.54) is 25.3 Å². The van der Waals surface area contributed by atoms with Crippen LogP contribution >= 0.6 is 0 Å². The second-order valence-corrected chi connectivity index (χ2v) is 8.25. The van der Waals surface area contributed by atoms with Crippen molar-refractivity contribution in [2.24, 2.45) is 0 Å². The van der Waals surface area contributed by atoms with Gasteiger partial charge >= 0.3 is 0 Å². The van der Waals surface area contributed by atoms with Gasteiger partial charge < -0.3 is 54.3 Å². The summed E-state index contributed by atoms with van der Waals surface area (Å²) in [6.07, 6.45) is -7.88. The first kappa shape index (κ1) is 22.0. The van der Waals surface area contributed by atoms with Gasteiger partial charge in [-0.2, -0.15) is 0 Å². The van der Waals surface area contributed by atoms with Crippen LogP contribution in [0.3, 0.4) is 0 Å². The molecule has 3 aliphatic rings. The summed E-state index contributed by atoms with van der Waals surface area (Å²) in [4.78, 5) is 0. The van der Waals surface area contributed by atoms with Gasteiger partial charge in [0, 0.05) is 23.3 Å². The van der Waals surface area contributed by atoms with Crippen molar-refractivity contribution in [1.82, 2.24) is 0 Å². The number of benzene rings is 2. The Balaban J connectivity index is 1.40. The molecule has 0 radical (unpaired) electrons. The van der Waals surface area contributed by atoms with E-state index in [1.54, 1.807) is 12.1 Å². The first-order valence-corrected chi connectivity index (χ1v) is 10.3. The Labute approximate surface area is 187 Å². The standard InChI is InChI=1S/C22H24O11/c1-29-15-5-11-14(6-12(15)24)32-20-10-3-2-9(4-13(10)30-8-22(11,20)28)31-21-19(27)18(26)17(25)16(7-23)33-21/h2-6,16-21,23-28H,7-8H2,1H3/t16-,17-,18+,19-,20+,21-,22-/m1/s1. The van der Waals surface area contributed by atoms with Gasteiger partial charge in [-0.05, 0) is 18.2 Å². The minimum Gasteiger partial charge on any atom is -0.504 e. The van der Waals surface area contributed by atoms with E-state index >= 15 is 0 Å². The third kappa shape index (κ3) is 3.36. The summed E-state index contributed by atoms with van der Waals surface area (Å²) in [5, 5.41) is 60.8. The minimum absolute atomic E-state index is 0.122. The molecule has 0 bridgehead atoms. The summed E-state index contributed by atoms with van der Waals surface area (Å²) in [6.45, 7) is -0.717. The Morgan fingerprint density at radius 2 is 1.85 bits per heavy atom. The SMILES string of the molecule is COc1cc2c(cc1O)O[C@H]1c3ccc(O[C@@H]4O[C@H](CO)[C@@H](O)[C@H](O)[C@H]4O)cc3OC[C@@]21O. The quantitative estimate of drug-likeness (QED) is 0.338. The molecule has 11 nitrogen and oxygen atoms in total. The molecule has 5 rings (SSSR count). The Kier molecular flexibility index (Phi) is 5.27. The Morgan fingerprint density at radius 3 is 2.58 bits per heavy atom. The molecule has 0 unspecified atom stereocenters. The number of hydrogen-bond acceptors (Lipinski definition) is 11. The van der Waals surface area contributed by atoms with Crippen molar-refractivity contribution in [3.05, 3.63) is 41.5 Å². The van der Waals surface area contributed by atoms with Gasteiger partial charge in [0.2, 0.25) is 6.29 Å². The molecule has 2 aromatic rings. The molecule has 0 amide bonds. The van der Waals surface area contributed by atoms with Crippen LogP contribution in [0.15, 0.2) is 30.3 Å². The fourth-order valence-electron chi connectivity index (χ4n) is 4.40. The molecule has 3 heterocycles. The maximum absolute atomic E-state index is 11.3. The summed E-state index contributed by atoms with van der Waals surface area (Å²) in [6, 6.07) is 7.56. The number of aliphatic hydroxyl groups excluding tert-OH is 4. The average molecular weight is 464 g/mol. The topological polar surface area (TPSA) is 168 Å². The maximum atomic E-state index is 11.3. The molecule has 7 atom stereocenters. The van der Waals surface area contributed by atoms with E-state index in [9.17, 15) is 30.6 Å². The molecular weight excluding hydrogens is 440 g/mol. The van der Waals surface area contributed by atoms with Crippen molar-refractivity contribution < 1.29 is 54.3 Å². The molecule has 0 saturated carbocycles. The number of methoxy groups -OCH3 is 1. The Bertz CT molecular complexity index is 1060. The molecule has 1 saturated heterocycles. The van der Waals surface area contributed by atoms with Crippen LogP contribution in [0, 0.1) is 0 Å². The van der Waals surface area contributed by atoms with Crippen LogP contribution in [0.1, 0.15) is 17.2 Å². The third-order valence-electron chi connectivity index (χ3n) is 6.24. The van der Waals surface area contributed by atoms with E-state index < -0.39 is 49.0 Å². The van der Waals surface area contributed by atoms with Crippen LogP contribution < -0.4 is 18.9 Å². The molecule has 3 aliphatic heterocycles. The number of phenolic OH excluding ortho intramolecular Hbond substituents is 1. The van der Waals surface area contributed by atoms with Gasteiger partial charge in [-0.25, -0.2) is 0 Å². The fraction of sp³-hybridized carbons (Fsp3) is 0.455. The molecule has 6 N–H and O–H groups in total. The highest BCUT2D eigenvalue weighted by atomic mass is 16.7. The average Bonchev–Trinajstić information content (AvgIpc) is 3.10. The van der Waals surface area contributed by atoms with Crippen molar-refractivity contribution in [3.63, 3.8) is 0 Å². The molecule has 33 heavy (non-hydrogen) atoms. The molecule has 0 spiro atoms. The Hall–Kier alpha value is -2.80. The van der Waals surface area contributed by atoms with Crippen molar-refractivity contribution in [3.8, 4) is 28.7 Å². The van der Waals surface area contributed by atoms with E-state index in [4.69, 9.17) is 23.7 Å². The lowest BCUT2D eigenvalue weighted by molar-refractivity contribution is -0.277. The van der Waals surface area contributed by atoms with Crippen LogP contribution in [-0.4, -0.2) is 81.7 Å². The van der Waals surface area contributed by atoms with Crippen LogP contribution in [0.4, 0.5) is 0 Å². The lowest BCUT2D eigenvalue weighted by Crippen LogP contribution is -2.60. The molecule has 2 aromatic carbocycles. The van der Waals surface area contributed by atoms with Crippen molar-refractivity contribution in [1.29, 1.82) is 0 Å². The van der Waals surface area contributed by atoms with Crippen LogP contribution in [0.25, 0.3) is 0 Å². The van der Waals surface area contributed by atoms with Gasteiger partial charge in [-0.3, -0.25) is 0 Å². The van der Waals surface area contributed by atoms with Crippen molar-refractivity contribution in [2.45, 2.75) is 42.4 Å². The van der Waals surface area contributed by atoms with E-state index in [2.05, 4.69) is 0 Å². The van der Waals surface area contributed by atoms with Gasteiger partial charge in [0.1, 0.15) is 48.3 Å². The van der Waals surface area contributed by atoms with Gasteiger partial charge in [0.25, 0.3) is 0 Å². The second-order valence-electron chi connectivity index (χ2n) is 8.25. The highest BCUT2D eigenvalue weighted by Crippen LogP contribution is 2.56. The molecular formula is C22H24O11. The smallest absolute Gasteiger partial charge is 0.229 e. The van der Waals surface area contributed by atoms with Crippen LogP contribution in [0.2, 0.25) is 0 Å². The summed E-state index contributed by atoms with van der Waals surface area (Å²) in [5.41, 5.74) is -0.558. The zero-order valence-corrected chi connectivity index (χ0v) is 17.5. The largest absolute Gasteiger partial charge is 0.504 e. The molecule has 178 valence electrons. The predicted octanol–water partition coefficient (Wildman–Crippen LogP) is -0.707. The molecule has 0 aromatic heterocycles. The fourth-order valence-corrected chi connectivity index (χ4v) is 4.40. The van der Waals surface area contributed by atoms with E-state index in [1.807, 2.05) is 0 Å². The highest BCUT2D eigenvalue weighted by molar-refractivity contribution is 5.58. The number of rotatable bonds is 4. The van der Waals surface area contributed by atoms with Gasteiger partial charge in [0.15, 0.2) is 23.2 Å². The summed E-state index contributed by atoms with van der Waals surface area (Å²) >= 11 is 0. The first-order valence-electron chi connectivity index (χ1n) is 10.3. The highest BCUT2D eigenvalue weighted by Gasteiger charge is 2.53. The normalized spacial score (nSPS) is 34.4. The van der Waals surface area contributed by atoms with Gasteiger partial charge in [-0.1, -0.05) is 0 Å². The maximum Gasteiger partial charge on any atom is 0.229 e. The van der Waals surface area contributed by atoms with E-state index in [0.29, 0.717) is 22.6 Å². The van der Waals surface area contributed by atoms with Gasteiger partial charge in [-0.15, -0.1) is 0 Å². The van der Waals surface area contributed by atoms with Crippen LogP contribution in [0.5, 0.6) is 28.7 Å². The van der Waals surface area contributed by atoms with Crippen LogP contribution in [-0.2, 0) is 10.3 Å². The van der Waals surface area contributed by atoms with Gasteiger partial charge in [0.05, 0.1) is 13.7 Å². The number of phenols is 1. The predicted molar refractivity (Wildman–Crippen MR) is 108 cm³/mol. The zero-order chi connectivity index (χ0) is 23.5.